The molecule has 1 unspecified atom stereocenters. The van der Waals surface area contributed by atoms with E-state index >= 15 is 0 Å². The third kappa shape index (κ3) is 3.86. The minimum Gasteiger partial charge on any atom is -0.497 e. The maximum absolute atomic E-state index is 11.9. The highest BCUT2D eigenvalue weighted by atomic mass is 16.5. The lowest BCUT2D eigenvalue weighted by Crippen LogP contribution is -2.25. The smallest absolute Gasteiger partial charge is 0.227 e. The van der Waals surface area contributed by atoms with E-state index in [1.807, 2.05) is 0 Å². The monoisotopic (exact) mass is 264 g/mol. The Labute approximate surface area is 113 Å². The molecule has 0 aromatic heterocycles. The summed E-state index contributed by atoms with van der Waals surface area (Å²) in [4.78, 5) is 11.9. The molecule has 5 heteroatoms. The van der Waals surface area contributed by atoms with E-state index in [0.29, 0.717) is 23.5 Å². The van der Waals surface area contributed by atoms with Gasteiger partial charge in [0.25, 0.3) is 0 Å². The van der Waals surface area contributed by atoms with Gasteiger partial charge < -0.3 is 20.5 Å². The summed E-state index contributed by atoms with van der Waals surface area (Å²) < 4.78 is 10.6. The molecular formula is C14H20N2O3. The third-order valence-corrected chi connectivity index (χ3v) is 3.22. The van der Waals surface area contributed by atoms with Gasteiger partial charge in [0.1, 0.15) is 5.75 Å². The van der Waals surface area contributed by atoms with E-state index in [9.17, 15) is 4.79 Å². The van der Waals surface area contributed by atoms with Crippen molar-refractivity contribution in [2.24, 2.45) is 0 Å². The first-order valence-electron chi connectivity index (χ1n) is 6.54. The first kappa shape index (κ1) is 13.7. The normalized spacial score (nSPS) is 18.9. The molecule has 0 saturated carbocycles. The Morgan fingerprint density at radius 2 is 2.37 bits per heavy atom. The van der Waals surface area contributed by atoms with Gasteiger partial charge in [-0.15, -0.1) is 0 Å². The van der Waals surface area contributed by atoms with Crippen LogP contribution in [0.1, 0.15) is 25.7 Å². The summed E-state index contributed by atoms with van der Waals surface area (Å²) in [5, 5.41) is 2.81. The zero-order chi connectivity index (χ0) is 13.7. The number of nitrogens with two attached hydrogens (primary N) is 1. The van der Waals surface area contributed by atoms with E-state index in [1.54, 1.807) is 25.3 Å². The van der Waals surface area contributed by atoms with Crippen molar-refractivity contribution in [1.29, 1.82) is 0 Å². The Morgan fingerprint density at radius 1 is 1.53 bits per heavy atom. The molecule has 5 nitrogen and oxygen atoms in total. The molecule has 0 radical (unpaired) electrons. The van der Waals surface area contributed by atoms with E-state index < -0.39 is 0 Å². The molecule has 104 valence electrons. The van der Waals surface area contributed by atoms with Gasteiger partial charge >= 0.3 is 0 Å². The van der Waals surface area contributed by atoms with Crippen molar-refractivity contribution in [3.63, 3.8) is 0 Å². The Morgan fingerprint density at radius 3 is 3.00 bits per heavy atom. The summed E-state index contributed by atoms with van der Waals surface area (Å²) in [7, 11) is 1.58. The maximum Gasteiger partial charge on any atom is 0.227 e. The van der Waals surface area contributed by atoms with Gasteiger partial charge in [-0.2, -0.15) is 0 Å². The number of carbonyl (C=O) groups is 1. The van der Waals surface area contributed by atoms with Gasteiger partial charge in [0.15, 0.2) is 0 Å². The van der Waals surface area contributed by atoms with Crippen molar-refractivity contribution in [2.45, 2.75) is 31.8 Å². The number of hydrogen-bond donors (Lipinski definition) is 2. The molecule has 2 rings (SSSR count). The largest absolute Gasteiger partial charge is 0.497 e. The molecule has 19 heavy (non-hydrogen) atoms. The fourth-order valence-electron chi connectivity index (χ4n) is 2.16. The second kappa shape index (κ2) is 6.43. The zero-order valence-electron chi connectivity index (χ0n) is 11.1. The number of amides is 1. The van der Waals surface area contributed by atoms with Crippen LogP contribution in [0.5, 0.6) is 5.75 Å². The van der Waals surface area contributed by atoms with Crippen molar-refractivity contribution in [3.05, 3.63) is 18.2 Å². The van der Waals surface area contributed by atoms with Crippen LogP contribution in [0.3, 0.4) is 0 Å². The zero-order valence-corrected chi connectivity index (χ0v) is 11.1. The highest BCUT2D eigenvalue weighted by Gasteiger charge is 2.18. The van der Waals surface area contributed by atoms with Gasteiger partial charge in [0.2, 0.25) is 5.91 Å². The van der Waals surface area contributed by atoms with Crippen LogP contribution in [0, 0.1) is 0 Å². The van der Waals surface area contributed by atoms with Crippen LogP contribution in [0.15, 0.2) is 18.2 Å². The molecule has 0 aliphatic carbocycles. The number of rotatable bonds is 4. The Balaban J connectivity index is 1.91. The highest BCUT2D eigenvalue weighted by molar-refractivity contribution is 5.94. The van der Waals surface area contributed by atoms with Gasteiger partial charge in [-0.05, 0) is 31.4 Å². The molecule has 1 saturated heterocycles. The van der Waals surface area contributed by atoms with Crippen LogP contribution in [0.25, 0.3) is 0 Å². The number of nitrogen functional groups attached to an aromatic ring is 1. The second-order valence-corrected chi connectivity index (χ2v) is 4.69. The molecular weight excluding hydrogens is 244 g/mol. The quantitative estimate of drug-likeness (QED) is 0.817. The fraction of sp³-hybridized carbons (Fsp3) is 0.500. The van der Waals surface area contributed by atoms with Crippen molar-refractivity contribution in [1.82, 2.24) is 0 Å². The summed E-state index contributed by atoms with van der Waals surface area (Å²) in [6.07, 6.45) is 3.58. The Bertz CT molecular complexity index is 442. The van der Waals surface area contributed by atoms with Gasteiger partial charge in [-0.3, -0.25) is 4.79 Å². The SMILES string of the molecule is COc1ccc(NC(=O)CC2CCCCO2)c(N)c1. The van der Waals surface area contributed by atoms with E-state index in [1.165, 1.54) is 0 Å². The summed E-state index contributed by atoms with van der Waals surface area (Å²) in [5.41, 5.74) is 6.96. The first-order chi connectivity index (χ1) is 9.19. The lowest BCUT2D eigenvalue weighted by molar-refractivity contribution is -0.119. The van der Waals surface area contributed by atoms with Crippen molar-refractivity contribution >= 4 is 17.3 Å². The van der Waals surface area contributed by atoms with E-state index in [-0.39, 0.29) is 12.0 Å². The summed E-state index contributed by atoms with van der Waals surface area (Å²) in [6, 6.07) is 5.20. The lowest BCUT2D eigenvalue weighted by Gasteiger charge is -2.22. The number of nitrogens with one attached hydrogen (secondary N) is 1. The molecule has 1 fully saturated rings. The molecule has 1 atom stereocenters. The highest BCUT2D eigenvalue weighted by Crippen LogP contribution is 2.24. The number of hydrogen-bond acceptors (Lipinski definition) is 4. The number of anilines is 2. The van der Waals surface area contributed by atoms with Crippen molar-refractivity contribution in [2.75, 3.05) is 24.8 Å². The van der Waals surface area contributed by atoms with E-state index in [0.717, 1.165) is 25.9 Å². The third-order valence-electron chi connectivity index (χ3n) is 3.22. The number of carbonyl (C=O) groups excluding carboxylic acids is 1. The average molecular weight is 264 g/mol. The van der Waals surface area contributed by atoms with Crippen LogP contribution in [0.2, 0.25) is 0 Å². The van der Waals surface area contributed by atoms with Gasteiger partial charge in [-0.25, -0.2) is 0 Å². The maximum atomic E-state index is 11.9. The van der Waals surface area contributed by atoms with E-state index in [4.69, 9.17) is 15.2 Å². The minimum absolute atomic E-state index is 0.0354. The Kier molecular flexibility index (Phi) is 4.63. The van der Waals surface area contributed by atoms with Gasteiger partial charge in [-0.1, -0.05) is 0 Å². The van der Waals surface area contributed by atoms with Crippen molar-refractivity contribution in [3.8, 4) is 5.75 Å². The predicted molar refractivity (Wildman–Crippen MR) is 74.2 cm³/mol. The Hall–Kier alpha value is -1.75. The molecule has 1 aliphatic heterocycles. The van der Waals surface area contributed by atoms with Crippen LogP contribution < -0.4 is 15.8 Å². The fourth-order valence-corrected chi connectivity index (χ4v) is 2.16. The standard InChI is InChI=1S/C14H20N2O3/c1-18-10-5-6-13(12(15)8-10)16-14(17)9-11-4-2-3-7-19-11/h5-6,8,11H,2-4,7,9,15H2,1H3,(H,16,17). The molecule has 1 aromatic rings. The second-order valence-electron chi connectivity index (χ2n) is 4.69. The number of methoxy groups -OCH3 is 1. The molecule has 1 aromatic carbocycles. The lowest BCUT2D eigenvalue weighted by atomic mass is 10.1. The van der Waals surface area contributed by atoms with Gasteiger partial charge in [0.05, 0.1) is 31.0 Å². The minimum atomic E-state index is -0.0660. The summed E-state index contributed by atoms with van der Waals surface area (Å²) >= 11 is 0. The van der Waals surface area contributed by atoms with Crippen molar-refractivity contribution < 1.29 is 14.3 Å². The molecule has 1 heterocycles. The first-order valence-corrected chi connectivity index (χ1v) is 6.54. The summed E-state index contributed by atoms with van der Waals surface area (Å²) in [5.74, 6) is 0.606. The van der Waals surface area contributed by atoms with Crippen LogP contribution in [0.4, 0.5) is 11.4 Å². The molecule has 1 aliphatic rings. The van der Waals surface area contributed by atoms with E-state index in [2.05, 4.69) is 5.32 Å². The average Bonchev–Trinajstić information content (AvgIpc) is 2.42. The number of benzene rings is 1. The molecule has 1 amide bonds. The van der Waals surface area contributed by atoms with Gasteiger partial charge in [0, 0.05) is 12.7 Å². The topological polar surface area (TPSA) is 73.6 Å². The van der Waals surface area contributed by atoms with Crippen LogP contribution >= 0.6 is 0 Å². The molecule has 3 N–H and O–H groups in total. The molecule has 0 spiro atoms. The predicted octanol–water partition coefficient (Wildman–Crippen LogP) is 2.18. The molecule has 0 bridgehead atoms. The number of ether oxygens (including phenoxy) is 2. The van der Waals surface area contributed by atoms with Crippen LogP contribution in [-0.2, 0) is 9.53 Å². The summed E-state index contributed by atoms with van der Waals surface area (Å²) in [6.45, 7) is 0.753. The van der Waals surface area contributed by atoms with Crippen LogP contribution in [-0.4, -0.2) is 25.7 Å².